The van der Waals surface area contributed by atoms with Gasteiger partial charge in [-0.1, -0.05) is 43.1 Å². The van der Waals surface area contributed by atoms with Crippen molar-refractivity contribution in [3.05, 3.63) is 33.8 Å². The molecule has 0 aliphatic heterocycles. The first kappa shape index (κ1) is 11.8. The minimum Gasteiger partial charge on any atom is -0.310 e. The fourth-order valence-corrected chi connectivity index (χ4v) is 2.04. The highest BCUT2D eigenvalue weighted by Gasteiger charge is 2.11. The van der Waals surface area contributed by atoms with Gasteiger partial charge in [0.05, 0.1) is 0 Å². The fourth-order valence-electron chi connectivity index (χ4n) is 1.50. The zero-order valence-corrected chi connectivity index (χ0v) is 9.99. The predicted octanol–water partition coefficient (Wildman–Crippen LogP) is 4.05. The molecular weight excluding hydrogens is 217 g/mol. The Kier molecular flexibility index (Phi) is 4.73. The van der Waals surface area contributed by atoms with Crippen molar-refractivity contribution in [2.24, 2.45) is 0 Å². The van der Waals surface area contributed by atoms with Gasteiger partial charge in [-0.2, -0.15) is 0 Å². The van der Waals surface area contributed by atoms with E-state index < -0.39 is 0 Å². The molecule has 1 aromatic rings. The molecule has 0 radical (unpaired) electrons. The van der Waals surface area contributed by atoms with Crippen LogP contribution in [0.4, 0.5) is 0 Å². The molecule has 1 aromatic carbocycles. The molecule has 0 aliphatic rings. The summed E-state index contributed by atoms with van der Waals surface area (Å²) in [5, 5.41) is 4.81. The van der Waals surface area contributed by atoms with E-state index >= 15 is 0 Å². The zero-order chi connectivity index (χ0) is 10.6. The molecular formula is C11H15Cl2N. The number of rotatable bonds is 4. The minimum absolute atomic E-state index is 0.324. The van der Waals surface area contributed by atoms with Crippen molar-refractivity contribution in [1.29, 1.82) is 0 Å². The number of halogens is 2. The first-order valence-corrected chi connectivity index (χ1v) is 5.63. The van der Waals surface area contributed by atoms with Gasteiger partial charge in [0, 0.05) is 16.1 Å². The van der Waals surface area contributed by atoms with Crippen LogP contribution in [-0.4, -0.2) is 6.54 Å². The molecule has 0 saturated carbocycles. The number of hydrogen-bond acceptors (Lipinski definition) is 1. The second kappa shape index (κ2) is 5.59. The Labute approximate surface area is 95.4 Å². The zero-order valence-electron chi connectivity index (χ0n) is 8.48. The van der Waals surface area contributed by atoms with Gasteiger partial charge in [0.2, 0.25) is 0 Å². The minimum atomic E-state index is 0.324. The summed E-state index contributed by atoms with van der Waals surface area (Å²) in [5.41, 5.74) is 1.13. The molecule has 0 fully saturated rings. The second-order valence-electron chi connectivity index (χ2n) is 3.18. The highest BCUT2D eigenvalue weighted by molar-refractivity contribution is 6.35. The Morgan fingerprint density at radius 1 is 1.29 bits per heavy atom. The molecule has 0 aliphatic carbocycles. The Morgan fingerprint density at radius 3 is 2.50 bits per heavy atom. The van der Waals surface area contributed by atoms with Gasteiger partial charge >= 0.3 is 0 Å². The van der Waals surface area contributed by atoms with Gasteiger partial charge in [0.15, 0.2) is 0 Å². The van der Waals surface area contributed by atoms with Crippen LogP contribution >= 0.6 is 23.2 Å². The van der Waals surface area contributed by atoms with Crippen molar-refractivity contribution in [2.45, 2.75) is 26.3 Å². The summed E-state index contributed by atoms with van der Waals surface area (Å²) in [6.45, 7) is 5.17. The summed E-state index contributed by atoms with van der Waals surface area (Å²) < 4.78 is 0. The van der Waals surface area contributed by atoms with E-state index in [1.54, 1.807) is 6.07 Å². The van der Waals surface area contributed by atoms with E-state index in [1.807, 2.05) is 12.1 Å². The molecule has 0 saturated heterocycles. The second-order valence-corrected chi connectivity index (χ2v) is 4.03. The van der Waals surface area contributed by atoms with Crippen molar-refractivity contribution in [3.63, 3.8) is 0 Å². The van der Waals surface area contributed by atoms with E-state index in [4.69, 9.17) is 23.2 Å². The smallest absolute Gasteiger partial charge is 0.0468 e. The van der Waals surface area contributed by atoms with E-state index in [1.165, 1.54) is 0 Å². The van der Waals surface area contributed by atoms with Gasteiger partial charge in [-0.25, -0.2) is 0 Å². The first-order chi connectivity index (χ1) is 6.69. The molecule has 1 N–H and O–H groups in total. The van der Waals surface area contributed by atoms with Gasteiger partial charge in [0.1, 0.15) is 0 Å². The number of hydrogen-bond donors (Lipinski definition) is 1. The van der Waals surface area contributed by atoms with Gasteiger partial charge in [0.25, 0.3) is 0 Å². The SMILES string of the molecule is CCNC(CC)c1ccc(Cl)cc1Cl. The van der Waals surface area contributed by atoms with Gasteiger partial charge in [-0.05, 0) is 30.7 Å². The van der Waals surface area contributed by atoms with Crippen LogP contribution in [0.5, 0.6) is 0 Å². The van der Waals surface area contributed by atoms with E-state index in [-0.39, 0.29) is 0 Å². The summed E-state index contributed by atoms with van der Waals surface area (Å²) in [6, 6.07) is 5.98. The quantitative estimate of drug-likeness (QED) is 0.825. The molecule has 14 heavy (non-hydrogen) atoms. The lowest BCUT2D eigenvalue weighted by molar-refractivity contribution is 0.537. The molecule has 0 amide bonds. The highest BCUT2D eigenvalue weighted by atomic mass is 35.5. The maximum absolute atomic E-state index is 6.11. The molecule has 1 atom stereocenters. The maximum Gasteiger partial charge on any atom is 0.0468 e. The van der Waals surface area contributed by atoms with Crippen LogP contribution in [0.1, 0.15) is 31.9 Å². The summed E-state index contributed by atoms with van der Waals surface area (Å²) in [6.07, 6.45) is 1.02. The van der Waals surface area contributed by atoms with E-state index in [2.05, 4.69) is 19.2 Å². The lowest BCUT2D eigenvalue weighted by atomic mass is 10.0. The van der Waals surface area contributed by atoms with Crippen molar-refractivity contribution in [3.8, 4) is 0 Å². The molecule has 0 aromatic heterocycles. The van der Waals surface area contributed by atoms with Gasteiger partial charge in [-0.3, -0.25) is 0 Å². The van der Waals surface area contributed by atoms with Crippen molar-refractivity contribution < 1.29 is 0 Å². The van der Waals surface area contributed by atoms with Crippen LogP contribution in [0.15, 0.2) is 18.2 Å². The Morgan fingerprint density at radius 2 is 2.00 bits per heavy atom. The largest absolute Gasteiger partial charge is 0.310 e. The molecule has 1 rings (SSSR count). The van der Waals surface area contributed by atoms with Gasteiger partial charge < -0.3 is 5.32 Å². The Hall–Kier alpha value is -0.240. The molecule has 78 valence electrons. The van der Waals surface area contributed by atoms with Crippen LogP contribution in [0.2, 0.25) is 10.0 Å². The van der Waals surface area contributed by atoms with Crippen LogP contribution < -0.4 is 5.32 Å². The van der Waals surface area contributed by atoms with Crippen molar-refractivity contribution >= 4 is 23.2 Å². The molecule has 0 spiro atoms. The Bertz CT molecular complexity index is 299. The average molecular weight is 232 g/mol. The molecule has 0 bridgehead atoms. The van der Waals surface area contributed by atoms with Crippen LogP contribution in [-0.2, 0) is 0 Å². The normalized spacial score (nSPS) is 12.9. The van der Waals surface area contributed by atoms with Crippen LogP contribution in [0.25, 0.3) is 0 Å². The predicted molar refractivity (Wildman–Crippen MR) is 63.2 cm³/mol. The Balaban J connectivity index is 2.92. The molecule has 1 unspecified atom stereocenters. The molecule has 1 nitrogen and oxygen atoms in total. The molecule has 0 heterocycles. The van der Waals surface area contributed by atoms with E-state index in [0.29, 0.717) is 11.1 Å². The summed E-state index contributed by atoms with van der Waals surface area (Å²) in [5.74, 6) is 0. The average Bonchev–Trinajstić information content (AvgIpc) is 2.15. The topological polar surface area (TPSA) is 12.0 Å². The fraction of sp³-hybridized carbons (Fsp3) is 0.455. The molecule has 3 heteroatoms. The summed E-state index contributed by atoms with van der Waals surface area (Å²) >= 11 is 12.0. The highest BCUT2D eigenvalue weighted by Crippen LogP contribution is 2.27. The van der Waals surface area contributed by atoms with Crippen LogP contribution in [0.3, 0.4) is 0 Å². The van der Waals surface area contributed by atoms with Gasteiger partial charge in [-0.15, -0.1) is 0 Å². The van der Waals surface area contributed by atoms with Crippen molar-refractivity contribution in [2.75, 3.05) is 6.54 Å². The standard InChI is InChI=1S/C11H15Cl2N/c1-3-11(14-4-2)9-6-5-8(12)7-10(9)13/h5-7,11,14H,3-4H2,1-2H3. The lowest BCUT2D eigenvalue weighted by Gasteiger charge is -2.17. The van der Waals surface area contributed by atoms with Crippen molar-refractivity contribution in [1.82, 2.24) is 5.32 Å². The maximum atomic E-state index is 6.11. The number of nitrogens with one attached hydrogen (secondary N) is 1. The third-order valence-electron chi connectivity index (χ3n) is 2.20. The summed E-state index contributed by atoms with van der Waals surface area (Å²) in [7, 11) is 0. The number of benzene rings is 1. The first-order valence-electron chi connectivity index (χ1n) is 4.87. The van der Waals surface area contributed by atoms with E-state index in [9.17, 15) is 0 Å². The monoisotopic (exact) mass is 231 g/mol. The summed E-state index contributed by atoms with van der Waals surface area (Å²) in [4.78, 5) is 0. The van der Waals surface area contributed by atoms with E-state index in [0.717, 1.165) is 23.6 Å². The lowest BCUT2D eigenvalue weighted by Crippen LogP contribution is -2.20. The third kappa shape index (κ3) is 2.88. The third-order valence-corrected chi connectivity index (χ3v) is 2.76. The van der Waals surface area contributed by atoms with Crippen LogP contribution in [0, 0.1) is 0 Å².